The number of pyridine rings is 1. The topological polar surface area (TPSA) is 93.0 Å². The number of carbonyl (C=O) groups excluding carboxylic acids is 1. The molecule has 0 aliphatic carbocycles. The molecule has 2 saturated heterocycles. The van der Waals surface area contributed by atoms with E-state index in [1.807, 2.05) is 35.0 Å². The minimum Gasteiger partial charge on any atom is -0.487 e. The van der Waals surface area contributed by atoms with Crippen molar-refractivity contribution < 1.29 is 17.9 Å². The van der Waals surface area contributed by atoms with Crippen molar-refractivity contribution in [2.75, 3.05) is 24.6 Å². The van der Waals surface area contributed by atoms with Crippen LogP contribution in [0.25, 0.3) is 5.65 Å². The van der Waals surface area contributed by atoms with E-state index in [1.165, 1.54) is 0 Å². The molecule has 2 fully saturated rings. The van der Waals surface area contributed by atoms with Gasteiger partial charge in [0.1, 0.15) is 18.0 Å². The Balaban J connectivity index is 1.25. The van der Waals surface area contributed by atoms with Crippen molar-refractivity contribution in [2.24, 2.45) is 0 Å². The van der Waals surface area contributed by atoms with Crippen LogP contribution in [0.4, 0.5) is 0 Å². The van der Waals surface area contributed by atoms with E-state index in [1.54, 1.807) is 24.3 Å². The van der Waals surface area contributed by atoms with Crippen molar-refractivity contribution in [1.82, 2.24) is 19.6 Å². The summed E-state index contributed by atoms with van der Waals surface area (Å²) in [5, 5.41) is 2.97. The van der Waals surface area contributed by atoms with Crippen molar-refractivity contribution in [3.63, 3.8) is 0 Å². The maximum absolute atomic E-state index is 12.9. The molecule has 8 nitrogen and oxygen atoms in total. The van der Waals surface area contributed by atoms with Gasteiger partial charge in [-0.15, -0.1) is 0 Å². The lowest BCUT2D eigenvalue weighted by Crippen LogP contribution is -2.50. The van der Waals surface area contributed by atoms with Crippen LogP contribution < -0.4 is 10.1 Å². The standard InChI is InChI=1S/C23H26N4O4S/c28-23(25-20-15-32(29,30)16-21(20)26-9-3-4-10-26)17-6-5-7-19(12-17)31-14-18-13-27-11-2-1-8-22(27)24-18/h1-2,5-8,11-13,20-21H,3-4,9-10,14-16H2,(H,25,28). The molecule has 1 amide bonds. The number of nitrogens with zero attached hydrogens (tertiary/aromatic N) is 3. The summed E-state index contributed by atoms with van der Waals surface area (Å²) in [6.45, 7) is 2.06. The molecule has 2 aromatic heterocycles. The number of benzene rings is 1. The van der Waals surface area contributed by atoms with Gasteiger partial charge in [-0.05, 0) is 56.3 Å². The van der Waals surface area contributed by atoms with E-state index >= 15 is 0 Å². The predicted molar refractivity (Wildman–Crippen MR) is 120 cm³/mol. The highest BCUT2D eigenvalue weighted by molar-refractivity contribution is 7.91. The zero-order valence-electron chi connectivity index (χ0n) is 17.7. The number of nitrogens with one attached hydrogen (secondary N) is 1. The highest BCUT2D eigenvalue weighted by Crippen LogP contribution is 2.23. The fraction of sp³-hybridized carbons (Fsp3) is 0.391. The van der Waals surface area contributed by atoms with Crippen LogP contribution in [0.15, 0.2) is 54.9 Å². The van der Waals surface area contributed by atoms with Crippen LogP contribution in [0.3, 0.4) is 0 Å². The van der Waals surface area contributed by atoms with Gasteiger partial charge in [0.2, 0.25) is 0 Å². The highest BCUT2D eigenvalue weighted by atomic mass is 32.2. The number of amides is 1. The lowest BCUT2D eigenvalue weighted by Gasteiger charge is -2.28. The number of ether oxygens (including phenoxy) is 1. The molecule has 2 aliphatic heterocycles. The Hall–Kier alpha value is -2.91. The summed E-state index contributed by atoms with van der Waals surface area (Å²) in [5.74, 6) is 0.378. The fourth-order valence-corrected chi connectivity index (χ4v) is 6.55. The summed E-state index contributed by atoms with van der Waals surface area (Å²) in [6.07, 6.45) is 5.98. The van der Waals surface area contributed by atoms with Gasteiger partial charge in [0, 0.05) is 24.0 Å². The Morgan fingerprint density at radius 3 is 2.78 bits per heavy atom. The van der Waals surface area contributed by atoms with Crippen molar-refractivity contribution in [1.29, 1.82) is 0 Å². The highest BCUT2D eigenvalue weighted by Gasteiger charge is 2.42. The molecule has 0 radical (unpaired) electrons. The number of likely N-dealkylation sites (tertiary alicyclic amines) is 1. The van der Waals surface area contributed by atoms with Crippen LogP contribution >= 0.6 is 0 Å². The SMILES string of the molecule is O=C(NC1CS(=O)(=O)CC1N1CCCC1)c1cccc(OCc2cn3ccccc3n2)c1. The van der Waals surface area contributed by atoms with Gasteiger partial charge in [-0.1, -0.05) is 12.1 Å². The van der Waals surface area contributed by atoms with Crippen molar-refractivity contribution in [3.05, 3.63) is 66.1 Å². The van der Waals surface area contributed by atoms with Gasteiger partial charge in [0.05, 0.1) is 23.2 Å². The second-order valence-corrected chi connectivity index (χ2v) is 10.6. The Morgan fingerprint density at radius 2 is 1.97 bits per heavy atom. The van der Waals surface area contributed by atoms with Crippen LogP contribution in [-0.2, 0) is 16.4 Å². The van der Waals surface area contributed by atoms with E-state index in [2.05, 4.69) is 15.2 Å². The molecule has 1 N–H and O–H groups in total. The van der Waals surface area contributed by atoms with E-state index in [9.17, 15) is 13.2 Å². The number of rotatable bonds is 6. The molecule has 168 valence electrons. The quantitative estimate of drug-likeness (QED) is 0.612. The molecular formula is C23H26N4O4S. The molecule has 2 aliphatic rings. The largest absolute Gasteiger partial charge is 0.487 e. The number of fused-ring (bicyclic) bond motifs is 1. The molecule has 32 heavy (non-hydrogen) atoms. The van der Waals surface area contributed by atoms with E-state index in [0.29, 0.717) is 11.3 Å². The van der Waals surface area contributed by atoms with Gasteiger partial charge in [0.15, 0.2) is 9.84 Å². The van der Waals surface area contributed by atoms with Gasteiger partial charge in [0.25, 0.3) is 5.91 Å². The van der Waals surface area contributed by atoms with Crippen LogP contribution in [0, 0.1) is 0 Å². The van der Waals surface area contributed by atoms with Crippen LogP contribution in [0.1, 0.15) is 28.9 Å². The molecule has 2 unspecified atom stereocenters. The Bertz CT molecular complexity index is 1200. The number of carbonyl (C=O) groups is 1. The zero-order chi connectivity index (χ0) is 22.1. The lowest BCUT2D eigenvalue weighted by atomic mass is 10.1. The molecule has 3 aromatic rings. The maximum Gasteiger partial charge on any atom is 0.251 e. The molecule has 5 rings (SSSR count). The first-order valence-corrected chi connectivity index (χ1v) is 12.7. The minimum atomic E-state index is -3.16. The van der Waals surface area contributed by atoms with Crippen molar-refractivity contribution in [3.8, 4) is 5.75 Å². The van der Waals surface area contributed by atoms with Gasteiger partial charge in [-0.25, -0.2) is 13.4 Å². The minimum absolute atomic E-state index is 0.00994. The fourth-order valence-electron chi connectivity index (χ4n) is 4.59. The average molecular weight is 455 g/mol. The third-order valence-electron chi connectivity index (χ3n) is 6.15. The summed E-state index contributed by atoms with van der Waals surface area (Å²) < 4.78 is 32.3. The summed E-state index contributed by atoms with van der Waals surface area (Å²) in [7, 11) is -3.16. The molecule has 0 bridgehead atoms. The van der Waals surface area contributed by atoms with Gasteiger partial charge >= 0.3 is 0 Å². The summed E-state index contributed by atoms with van der Waals surface area (Å²) in [5.41, 5.74) is 2.08. The molecule has 9 heteroatoms. The molecule has 1 aromatic carbocycles. The Morgan fingerprint density at radius 1 is 1.12 bits per heavy atom. The Kier molecular flexibility index (Phi) is 5.60. The third kappa shape index (κ3) is 4.49. The molecule has 4 heterocycles. The van der Waals surface area contributed by atoms with E-state index in [-0.39, 0.29) is 30.1 Å². The zero-order valence-corrected chi connectivity index (χ0v) is 18.5. The lowest BCUT2D eigenvalue weighted by molar-refractivity contribution is 0.0918. The first kappa shape index (κ1) is 21.0. The van der Waals surface area contributed by atoms with E-state index < -0.39 is 15.9 Å². The summed E-state index contributed by atoms with van der Waals surface area (Å²) >= 11 is 0. The number of aromatic nitrogens is 2. The number of imidazole rings is 1. The van der Waals surface area contributed by atoms with Crippen molar-refractivity contribution in [2.45, 2.75) is 31.5 Å². The van der Waals surface area contributed by atoms with E-state index in [0.717, 1.165) is 37.3 Å². The van der Waals surface area contributed by atoms with Crippen LogP contribution in [-0.4, -0.2) is 65.3 Å². The molecule has 0 spiro atoms. The van der Waals surface area contributed by atoms with Crippen LogP contribution in [0.2, 0.25) is 0 Å². The summed E-state index contributed by atoms with van der Waals surface area (Å²) in [6, 6.07) is 12.2. The monoisotopic (exact) mass is 454 g/mol. The number of sulfone groups is 1. The number of hydrogen-bond donors (Lipinski definition) is 1. The predicted octanol–water partition coefficient (Wildman–Crippen LogP) is 1.90. The average Bonchev–Trinajstić information content (AvgIpc) is 3.50. The van der Waals surface area contributed by atoms with Crippen LogP contribution in [0.5, 0.6) is 5.75 Å². The normalized spacial score (nSPS) is 22.9. The second-order valence-electron chi connectivity index (χ2n) is 8.48. The third-order valence-corrected chi connectivity index (χ3v) is 7.86. The van der Waals surface area contributed by atoms with Crippen molar-refractivity contribution >= 4 is 21.4 Å². The maximum atomic E-state index is 12.9. The van der Waals surface area contributed by atoms with Gasteiger partial charge in [-0.3, -0.25) is 9.69 Å². The van der Waals surface area contributed by atoms with E-state index in [4.69, 9.17) is 4.74 Å². The molecular weight excluding hydrogens is 428 g/mol. The smallest absolute Gasteiger partial charge is 0.251 e. The first-order chi connectivity index (χ1) is 15.5. The van der Waals surface area contributed by atoms with Gasteiger partial charge < -0.3 is 14.5 Å². The molecule has 2 atom stereocenters. The Labute approximate surface area is 187 Å². The number of hydrogen-bond acceptors (Lipinski definition) is 6. The summed E-state index contributed by atoms with van der Waals surface area (Å²) in [4.78, 5) is 19.6. The van der Waals surface area contributed by atoms with Gasteiger partial charge in [-0.2, -0.15) is 0 Å². The first-order valence-electron chi connectivity index (χ1n) is 10.9. The second kappa shape index (κ2) is 8.55. The molecule has 0 saturated carbocycles.